The van der Waals surface area contributed by atoms with Gasteiger partial charge in [-0.15, -0.1) is 0 Å². The largest absolute Gasteiger partial charge is 0.455 e. The number of amides is 1. The van der Waals surface area contributed by atoms with E-state index < -0.39 is 0 Å². The quantitative estimate of drug-likeness (QED) is 0.375. The molecule has 1 aromatic heterocycles. The Balaban J connectivity index is 1.65. The van der Waals surface area contributed by atoms with Crippen LogP contribution in [0.5, 0.6) is 0 Å². The minimum atomic E-state index is -0.284. The molecule has 0 aliphatic rings. The first-order chi connectivity index (χ1) is 12.2. The van der Waals surface area contributed by atoms with E-state index in [9.17, 15) is 4.79 Å². The number of benzene rings is 2. The van der Waals surface area contributed by atoms with Crippen LogP contribution in [0.3, 0.4) is 0 Å². The third-order valence-electron chi connectivity index (χ3n) is 3.37. The summed E-state index contributed by atoms with van der Waals surface area (Å²) in [6.45, 7) is 0. The predicted molar refractivity (Wildman–Crippen MR) is 103 cm³/mol. The summed E-state index contributed by atoms with van der Waals surface area (Å²) < 4.78 is 6.64. The Bertz CT molecular complexity index is 969. The first-order valence-electron chi connectivity index (χ1n) is 7.35. The molecule has 0 bridgehead atoms. The number of rotatable bonds is 4. The van der Waals surface area contributed by atoms with Crippen LogP contribution >= 0.6 is 22.6 Å². The van der Waals surface area contributed by atoms with Crippen LogP contribution in [0.1, 0.15) is 21.7 Å². The molecular weight excluding hydrogens is 429 g/mol. The van der Waals surface area contributed by atoms with Crippen molar-refractivity contribution in [3.8, 4) is 17.4 Å². The smallest absolute Gasteiger partial charge is 0.271 e. The van der Waals surface area contributed by atoms with E-state index in [4.69, 9.17) is 9.68 Å². The molecule has 0 saturated heterocycles. The fraction of sp³-hybridized carbons (Fsp3) is 0. The molecule has 0 unspecified atom stereocenters. The van der Waals surface area contributed by atoms with Gasteiger partial charge in [-0.2, -0.15) is 10.4 Å². The number of hydrogen-bond donors (Lipinski definition) is 1. The number of furan rings is 1. The maximum Gasteiger partial charge on any atom is 0.271 e. The zero-order chi connectivity index (χ0) is 17.6. The number of hydrazone groups is 1. The summed E-state index contributed by atoms with van der Waals surface area (Å²) in [6, 6.07) is 20.0. The summed E-state index contributed by atoms with van der Waals surface area (Å²) in [6.07, 6.45) is 1.44. The van der Waals surface area contributed by atoms with Crippen LogP contribution in [0.2, 0.25) is 0 Å². The van der Waals surface area contributed by atoms with Gasteiger partial charge in [-0.25, -0.2) is 5.43 Å². The molecule has 0 saturated carbocycles. The Morgan fingerprint density at radius 1 is 1.16 bits per heavy atom. The van der Waals surface area contributed by atoms with Gasteiger partial charge >= 0.3 is 0 Å². The molecule has 0 atom stereocenters. The van der Waals surface area contributed by atoms with E-state index in [0.717, 1.165) is 9.13 Å². The van der Waals surface area contributed by atoms with E-state index in [1.165, 1.54) is 6.21 Å². The van der Waals surface area contributed by atoms with Crippen molar-refractivity contribution < 1.29 is 9.21 Å². The Labute approximate surface area is 158 Å². The lowest BCUT2D eigenvalue weighted by atomic mass is 10.1. The fourth-order valence-corrected chi connectivity index (χ4v) is 2.68. The molecule has 0 aliphatic carbocycles. The van der Waals surface area contributed by atoms with Crippen LogP contribution in [0.15, 0.2) is 70.2 Å². The maximum atomic E-state index is 12.0. The van der Waals surface area contributed by atoms with Crippen molar-refractivity contribution in [2.24, 2.45) is 5.10 Å². The molecule has 122 valence electrons. The number of carbonyl (C=O) groups excluding carboxylic acids is 1. The minimum Gasteiger partial charge on any atom is -0.455 e. The van der Waals surface area contributed by atoms with Gasteiger partial charge < -0.3 is 4.42 Å². The summed E-state index contributed by atoms with van der Waals surface area (Å²) in [5.74, 6) is 0.894. The summed E-state index contributed by atoms with van der Waals surface area (Å²) in [7, 11) is 0. The average molecular weight is 441 g/mol. The summed E-state index contributed by atoms with van der Waals surface area (Å²) in [5.41, 5.74) is 4.47. The first kappa shape index (κ1) is 16.9. The lowest BCUT2D eigenvalue weighted by Crippen LogP contribution is -2.17. The molecule has 1 N–H and O–H groups in total. The van der Waals surface area contributed by atoms with Crippen LogP contribution in [0, 0.1) is 14.9 Å². The molecule has 3 rings (SSSR count). The number of halogens is 1. The van der Waals surface area contributed by atoms with Crippen molar-refractivity contribution in [1.82, 2.24) is 5.43 Å². The Hall–Kier alpha value is -2.92. The van der Waals surface area contributed by atoms with Gasteiger partial charge in [0, 0.05) is 14.7 Å². The molecule has 1 heterocycles. The summed E-state index contributed by atoms with van der Waals surface area (Å²) in [4.78, 5) is 12.0. The third kappa shape index (κ3) is 4.33. The summed E-state index contributed by atoms with van der Waals surface area (Å²) >= 11 is 2.15. The van der Waals surface area contributed by atoms with Gasteiger partial charge in [0.2, 0.25) is 0 Å². The van der Waals surface area contributed by atoms with Gasteiger partial charge in [-0.3, -0.25) is 4.79 Å². The zero-order valence-corrected chi connectivity index (χ0v) is 15.1. The van der Waals surface area contributed by atoms with Gasteiger partial charge in [-0.1, -0.05) is 6.07 Å². The van der Waals surface area contributed by atoms with Gasteiger partial charge in [0.1, 0.15) is 11.5 Å². The first-order valence-corrected chi connectivity index (χ1v) is 8.43. The molecule has 2 aromatic carbocycles. The van der Waals surface area contributed by atoms with Crippen molar-refractivity contribution >= 4 is 34.7 Å². The summed E-state index contributed by atoms with van der Waals surface area (Å²) in [5, 5.41) is 12.7. The highest BCUT2D eigenvalue weighted by Crippen LogP contribution is 2.21. The van der Waals surface area contributed by atoms with Crippen molar-refractivity contribution in [2.45, 2.75) is 0 Å². The highest BCUT2D eigenvalue weighted by molar-refractivity contribution is 14.1. The third-order valence-corrected chi connectivity index (χ3v) is 4.04. The second kappa shape index (κ2) is 7.77. The number of nitrogens with zero attached hydrogens (tertiary/aromatic N) is 2. The van der Waals surface area contributed by atoms with Crippen molar-refractivity contribution in [2.75, 3.05) is 0 Å². The number of carbonyl (C=O) groups is 1. The fourth-order valence-electron chi connectivity index (χ4n) is 2.14. The molecule has 0 radical (unpaired) electrons. The molecule has 6 heteroatoms. The van der Waals surface area contributed by atoms with Crippen molar-refractivity contribution in [3.05, 3.63) is 81.1 Å². The van der Waals surface area contributed by atoms with Gasteiger partial charge in [0.25, 0.3) is 5.91 Å². The lowest BCUT2D eigenvalue weighted by molar-refractivity contribution is 0.0955. The normalized spacial score (nSPS) is 10.6. The zero-order valence-electron chi connectivity index (χ0n) is 12.9. The molecule has 1 amide bonds. The van der Waals surface area contributed by atoms with Gasteiger partial charge in [-0.05, 0) is 77.2 Å². The molecular formula is C19H12IN3O2. The topological polar surface area (TPSA) is 78.4 Å². The molecule has 25 heavy (non-hydrogen) atoms. The predicted octanol–water partition coefficient (Wildman–Crippen LogP) is 4.19. The van der Waals surface area contributed by atoms with E-state index in [2.05, 4.69) is 39.2 Å². The van der Waals surface area contributed by atoms with E-state index >= 15 is 0 Å². The van der Waals surface area contributed by atoms with Crippen molar-refractivity contribution in [1.29, 1.82) is 5.26 Å². The standard InChI is InChI=1S/C19H12IN3O2/c20-16-3-1-2-15(10-16)19(24)23-22-12-17-8-9-18(25-17)14-6-4-13(11-21)5-7-14/h1-10,12H,(H,23,24)/b22-12-. The number of nitrogens with one attached hydrogen (secondary N) is 1. The number of nitriles is 1. The van der Waals surface area contributed by atoms with E-state index in [1.807, 2.05) is 30.3 Å². The second-order valence-corrected chi connectivity index (χ2v) is 6.35. The van der Waals surface area contributed by atoms with E-state index in [1.54, 1.807) is 30.3 Å². The van der Waals surface area contributed by atoms with E-state index in [0.29, 0.717) is 22.6 Å². The molecule has 0 spiro atoms. The second-order valence-electron chi connectivity index (χ2n) is 5.10. The van der Waals surface area contributed by atoms with Gasteiger partial charge in [0.05, 0.1) is 17.8 Å². The minimum absolute atomic E-state index is 0.284. The maximum absolute atomic E-state index is 12.0. The Kier molecular flexibility index (Phi) is 5.26. The average Bonchev–Trinajstić information content (AvgIpc) is 3.10. The van der Waals surface area contributed by atoms with Crippen LogP contribution in [-0.4, -0.2) is 12.1 Å². The molecule has 0 fully saturated rings. The monoisotopic (exact) mass is 441 g/mol. The molecule has 0 aliphatic heterocycles. The van der Waals surface area contributed by atoms with Crippen LogP contribution in [0.25, 0.3) is 11.3 Å². The van der Waals surface area contributed by atoms with Crippen LogP contribution in [0.4, 0.5) is 0 Å². The van der Waals surface area contributed by atoms with Crippen LogP contribution < -0.4 is 5.43 Å². The SMILES string of the molecule is N#Cc1ccc(-c2ccc(/C=N\NC(=O)c3cccc(I)c3)o2)cc1. The Morgan fingerprint density at radius 3 is 2.68 bits per heavy atom. The van der Waals surface area contributed by atoms with E-state index in [-0.39, 0.29) is 5.91 Å². The lowest BCUT2D eigenvalue weighted by Gasteiger charge is -1.99. The Morgan fingerprint density at radius 2 is 1.96 bits per heavy atom. The van der Waals surface area contributed by atoms with Crippen LogP contribution in [-0.2, 0) is 0 Å². The highest BCUT2D eigenvalue weighted by atomic mass is 127. The number of hydrogen-bond acceptors (Lipinski definition) is 4. The van der Waals surface area contributed by atoms with Gasteiger partial charge in [0.15, 0.2) is 0 Å². The molecule has 3 aromatic rings. The van der Waals surface area contributed by atoms with Crippen molar-refractivity contribution in [3.63, 3.8) is 0 Å². The highest BCUT2D eigenvalue weighted by Gasteiger charge is 2.05. The molecule has 5 nitrogen and oxygen atoms in total.